The summed E-state index contributed by atoms with van der Waals surface area (Å²) < 4.78 is 0. The van der Waals surface area contributed by atoms with Gasteiger partial charge >= 0.3 is 0 Å². The average Bonchev–Trinajstić information content (AvgIpc) is 2.20. The van der Waals surface area contributed by atoms with E-state index in [0.29, 0.717) is 5.78 Å². The second-order valence-corrected chi connectivity index (χ2v) is 4.35. The molecule has 0 aliphatic heterocycles. The van der Waals surface area contributed by atoms with Gasteiger partial charge in [-0.2, -0.15) is 0 Å². The van der Waals surface area contributed by atoms with Gasteiger partial charge in [0.25, 0.3) is 0 Å². The van der Waals surface area contributed by atoms with E-state index in [4.69, 9.17) is 0 Å². The maximum Gasteiger partial charge on any atom is 0.129 e. The highest BCUT2D eigenvalue weighted by Crippen LogP contribution is 2.02. The molecule has 0 aliphatic rings. The summed E-state index contributed by atoms with van der Waals surface area (Å²) in [6.07, 6.45) is 6.86. The first-order chi connectivity index (χ1) is 7.20. The SMILES string of the molecule is CCCCN(CCCC)CCCC(C)=O. The molecule has 0 aromatic carbocycles. The lowest BCUT2D eigenvalue weighted by Gasteiger charge is -2.21. The van der Waals surface area contributed by atoms with Crippen molar-refractivity contribution in [2.24, 2.45) is 0 Å². The van der Waals surface area contributed by atoms with Crippen LogP contribution in [0.15, 0.2) is 0 Å². The number of hydrogen-bond acceptors (Lipinski definition) is 2. The summed E-state index contributed by atoms with van der Waals surface area (Å²) >= 11 is 0. The molecule has 2 heteroatoms. The van der Waals surface area contributed by atoms with E-state index < -0.39 is 0 Å². The van der Waals surface area contributed by atoms with E-state index in [9.17, 15) is 4.79 Å². The first-order valence-electron chi connectivity index (χ1n) is 6.42. The van der Waals surface area contributed by atoms with Gasteiger partial charge in [0.15, 0.2) is 0 Å². The number of rotatable bonds is 10. The summed E-state index contributed by atoms with van der Waals surface area (Å²) in [4.78, 5) is 13.3. The minimum Gasteiger partial charge on any atom is -0.303 e. The van der Waals surface area contributed by atoms with Gasteiger partial charge in [-0.15, -0.1) is 0 Å². The van der Waals surface area contributed by atoms with Crippen molar-refractivity contribution in [3.8, 4) is 0 Å². The third-order valence-corrected chi connectivity index (χ3v) is 2.66. The minimum atomic E-state index is 0.320. The summed E-state index contributed by atoms with van der Waals surface area (Å²) in [7, 11) is 0. The van der Waals surface area contributed by atoms with Crippen LogP contribution in [0.2, 0.25) is 0 Å². The molecule has 0 aromatic rings. The van der Waals surface area contributed by atoms with Crippen LogP contribution in [0.3, 0.4) is 0 Å². The Hall–Kier alpha value is -0.370. The van der Waals surface area contributed by atoms with E-state index in [2.05, 4.69) is 18.7 Å². The summed E-state index contributed by atoms with van der Waals surface area (Å²) in [5, 5.41) is 0. The number of hydrogen-bond donors (Lipinski definition) is 0. The molecule has 0 heterocycles. The summed E-state index contributed by atoms with van der Waals surface area (Å²) in [5.74, 6) is 0.320. The lowest BCUT2D eigenvalue weighted by Crippen LogP contribution is -2.27. The van der Waals surface area contributed by atoms with Crippen LogP contribution in [0, 0.1) is 0 Å². The maximum absolute atomic E-state index is 10.8. The summed E-state index contributed by atoms with van der Waals surface area (Å²) in [6, 6.07) is 0. The van der Waals surface area contributed by atoms with Crippen LogP contribution in [-0.4, -0.2) is 30.3 Å². The Morgan fingerprint density at radius 3 is 1.80 bits per heavy atom. The smallest absolute Gasteiger partial charge is 0.129 e. The number of carbonyl (C=O) groups is 1. The highest BCUT2D eigenvalue weighted by Gasteiger charge is 2.03. The predicted octanol–water partition coefficient (Wildman–Crippen LogP) is 3.26. The molecule has 0 saturated heterocycles. The third kappa shape index (κ3) is 9.92. The molecule has 0 spiro atoms. The fourth-order valence-corrected chi connectivity index (χ4v) is 1.65. The molecule has 0 saturated carbocycles. The number of carbonyl (C=O) groups excluding carboxylic acids is 1. The quantitative estimate of drug-likeness (QED) is 0.555. The van der Waals surface area contributed by atoms with Crippen molar-refractivity contribution in [3.05, 3.63) is 0 Å². The van der Waals surface area contributed by atoms with E-state index in [0.717, 1.165) is 19.4 Å². The Morgan fingerprint density at radius 2 is 1.40 bits per heavy atom. The van der Waals surface area contributed by atoms with Crippen LogP contribution >= 0.6 is 0 Å². The van der Waals surface area contributed by atoms with E-state index in [1.165, 1.54) is 38.8 Å². The minimum absolute atomic E-state index is 0.320. The van der Waals surface area contributed by atoms with Gasteiger partial charge in [-0.25, -0.2) is 0 Å². The van der Waals surface area contributed by atoms with Crippen molar-refractivity contribution >= 4 is 5.78 Å². The molecule has 0 amide bonds. The Balaban J connectivity index is 3.63. The molecule has 0 rings (SSSR count). The van der Waals surface area contributed by atoms with Gasteiger partial charge in [0.05, 0.1) is 0 Å². The van der Waals surface area contributed by atoms with Crippen molar-refractivity contribution in [2.45, 2.75) is 59.3 Å². The van der Waals surface area contributed by atoms with Crippen molar-refractivity contribution in [3.63, 3.8) is 0 Å². The number of Topliss-reactive ketones (excluding diaryl/α,β-unsaturated/α-hetero) is 1. The molecule has 0 fully saturated rings. The first kappa shape index (κ1) is 14.6. The van der Waals surface area contributed by atoms with E-state index >= 15 is 0 Å². The fraction of sp³-hybridized carbons (Fsp3) is 0.923. The zero-order chi connectivity index (χ0) is 11.5. The van der Waals surface area contributed by atoms with Gasteiger partial charge in [0.1, 0.15) is 5.78 Å². The third-order valence-electron chi connectivity index (χ3n) is 2.66. The molecule has 90 valence electrons. The lowest BCUT2D eigenvalue weighted by molar-refractivity contribution is -0.117. The fourth-order valence-electron chi connectivity index (χ4n) is 1.65. The normalized spacial score (nSPS) is 10.9. The Bertz CT molecular complexity index is 149. The van der Waals surface area contributed by atoms with Crippen LogP contribution < -0.4 is 0 Å². The van der Waals surface area contributed by atoms with Crippen molar-refractivity contribution < 1.29 is 4.79 Å². The van der Waals surface area contributed by atoms with Gasteiger partial charge in [-0.3, -0.25) is 0 Å². The Kier molecular flexibility index (Phi) is 9.91. The molecule has 0 aliphatic carbocycles. The van der Waals surface area contributed by atoms with Gasteiger partial charge in [0.2, 0.25) is 0 Å². The second-order valence-electron chi connectivity index (χ2n) is 4.35. The van der Waals surface area contributed by atoms with E-state index in [1.807, 2.05) is 0 Å². The summed E-state index contributed by atoms with van der Waals surface area (Å²) in [5.41, 5.74) is 0. The zero-order valence-electron chi connectivity index (χ0n) is 10.7. The molecular weight excluding hydrogens is 186 g/mol. The lowest BCUT2D eigenvalue weighted by atomic mass is 10.2. The average molecular weight is 213 g/mol. The van der Waals surface area contributed by atoms with Crippen molar-refractivity contribution in [2.75, 3.05) is 19.6 Å². The molecule has 2 nitrogen and oxygen atoms in total. The number of nitrogens with zero attached hydrogens (tertiary/aromatic N) is 1. The largest absolute Gasteiger partial charge is 0.303 e. The van der Waals surface area contributed by atoms with E-state index in [1.54, 1.807) is 6.92 Å². The van der Waals surface area contributed by atoms with E-state index in [-0.39, 0.29) is 0 Å². The summed E-state index contributed by atoms with van der Waals surface area (Å²) in [6.45, 7) is 9.64. The van der Waals surface area contributed by atoms with Crippen molar-refractivity contribution in [1.29, 1.82) is 0 Å². The molecule has 0 atom stereocenters. The van der Waals surface area contributed by atoms with Gasteiger partial charge < -0.3 is 9.69 Å². The number of unbranched alkanes of at least 4 members (excludes halogenated alkanes) is 2. The Labute approximate surface area is 95.0 Å². The molecule has 0 radical (unpaired) electrons. The van der Waals surface area contributed by atoms with Crippen LogP contribution in [0.5, 0.6) is 0 Å². The molecule has 0 bridgehead atoms. The standard InChI is InChI=1S/C13H27NO/c1-4-6-10-14(11-7-5-2)12-8-9-13(3)15/h4-12H2,1-3H3. The second kappa shape index (κ2) is 10.2. The predicted molar refractivity (Wildman–Crippen MR) is 66.2 cm³/mol. The number of ketones is 1. The van der Waals surface area contributed by atoms with Gasteiger partial charge in [-0.05, 0) is 45.8 Å². The molecule has 0 aromatic heterocycles. The Morgan fingerprint density at radius 1 is 0.933 bits per heavy atom. The zero-order valence-corrected chi connectivity index (χ0v) is 10.7. The topological polar surface area (TPSA) is 20.3 Å². The molecule has 0 unspecified atom stereocenters. The monoisotopic (exact) mass is 213 g/mol. The van der Waals surface area contributed by atoms with Gasteiger partial charge in [0, 0.05) is 6.42 Å². The van der Waals surface area contributed by atoms with Crippen LogP contribution in [0.1, 0.15) is 59.3 Å². The highest BCUT2D eigenvalue weighted by atomic mass is 16.1. The van der Waals surface area contributed by atoms with Gasteiger partial charge in [-0.1, -0.05) is 26.7 Å². The first-order valence-corrected chi connectivity index (χ1v) is 6.42. The van der Waals surface area contributed by atoms with Crippen LogP contribution in [-0.2, 0) is 4.79 Å². The van der Waals surface area contributed by atoms with Crippen LogP contribution in [0.25, 0.3) is 0 Å². The molecule has 15 heavy (non-hydrogen) atoms. The maximum atomic E-state index is 10.8. The molecular formula is C13H27NO. The van der Waals surface area contributed by atoms with Crippen molar-refractivity contribution in [1.82, 2.24) is 4.90 Å². The molecule has 0 N–H and O–H groups in total. The highest BCUT2D eigenvalue weighted by molar-refractivity contribution is 5.75. The van der Waals surface area contributed by atoms with Crippen LogP contribution in [0.4, 0.5) is 0 Å².